The molecule has 2 aromatic carbocycles. The number of ketones is 1. The average Bonchev–Trinajstić information content (AvgIpc) is 2.41. The highest BCUT2D eigenvalue weighted by Gasteiger charge is 2.16. The second kappa shape index (κ2) is 5.28. The summed E-state index contributed by atoms with van der Waals surface area (Å²) in [5.41, 5.74) is 5.85. The van der Waals surface area contributed by atoms with Gasteiger partial charge in [-0.3, -0.25) is 4.79 Å². The maximum atomic E-state index is 13.3. The first kappa shape index (κ1) is 13.4. The minimum atomic E-state index is -0.619. The van der Waals surface area contributed by atoms with Crippen LogP contribution in [0.15, 0.2) is 36.4 Å². The van der Waals surface area contributed by atoms with Crippen molar-refractivity contribution in [3.63, 3.8) is 0 Å². The Hall–Kier alpha value is -2.07. The molecule has 0 amide bonds. The van der Waals surface area contributed by atoms with Crippen molar-refractivity contribution in [2.24, 2.45) is 0 Å². The third kappa shape index (κ3) is 2.53. The number of nitrogen functional groups attached to an aromatic ring is 1. The van der Waals surface area contributed by atoms with E-state index in [9.17, 15) is 9.18 Å². The van der Waals surface area contributed by atoms with Crippen molar-refractivity contribution in [2.75, 3.05) is 12.8 Å². The van der Waals surface area contributed by atoms with E-state index in [4.69, 9.17) is 22.1 Å². The molecule has 0 heterocycles. The highest BCUT2D eigenvalue weighted by atomic mass is 35.5. The molecule has 0 aromatic heterocycles. The number of rotatable bonds is 3. The molecule has 0 fully saturated rings. The molecule has 0 aliphatic rings. The SMILES string of the molecule is COc1cc(C(=O)c2cccc(F)c2N)ccc1Cl. The minimum absolute atomic E-state index is 0.115. The number of nitrogens with two attached hydrogens (primary N) is 1. The molecule has 0 aliphatic carbocycles. The van der Waals surface area contributed by atoms with Gasteiger partial charge in [0, 0.05) is 11.1 Å². The van der Waals surface area contributed by atoms with E-state index in [1.807, 2.05) is 0 Å². The van der Waals surface area contributed by atoms with Gasteiger partial charge in [0.05, 0.1) is 17.8 Å². The fourth-order valence-corrected chi connectivity index (χ4v) is 1.89. The van der Waals surface area contributed by atoms with E-state index in [1.165, 1.54) is 37.4 Å². The third-order valence-corrected chi connectivity index (χ3v) is 3.02. The summed E-state index contributed by atoms with van der Waals surface area (Å²) in [4.78, 5) is 12.3. The monoisotopic (exact) mass is 279 g/mol. The molecule has 0 radical (unpaired) electrons. The van der Waals surface area contributed by atoms with Gasteiger partial charge in [0.25, 0.3) is 0 Å². The van der Waals surface area contributed by atoms with Crippen molar-refractivity contribution in [1.82, 2.24) is 0 Å². The molecule has 0 unspecified atom stereocenters. The Labute approximate surface area is 114 Å². The highest BCUT2D eigenvalue weighted by Crippen LogP contribution is 2.27. The second-order valence-corrected chi connectivity index (χ2v) is 4.29. The van der Waals surface area contributed by atoms with Gasteiger partial charge in [-0.1, -0.05) is 17.7 Å². The Morgan fingerprint density at radius 2 is 2.05 bits per heavy atom. The summed E-state index contributed by atoms with van der Waals surface area (Å²) in [6.45, 7) is 0. The molecule has 98 valence electrons. The van der Waals surface area contributed by atoms with Crippen molar-refractivity contribution < 1.29 is 13.9 Å². The quantitative estimate of drug-likeness (QED) is 0.693. The summed E-state index contributed by atoms with van der Waals surface area (Å²) in [6, 6.07) is 8.69. The smallest absolute Gasteiger partial charge is 0.195 e. The van der Waals surface area contributed by atoms with Crippen LogP contribution < -0.4 is 10.5 Å². The van der Waals surface area contributed by atoms with Crippen LogP contribution in [0.2, 0.25) is 5.02 Å². The number of ether oxygens (including phenoxy) is 1. The predicted octanol–water partition coefficient (Wildman–Crippen LogP) is 3.30. The van der Waals surface area contributed by atoms with Crippen LogP contribution in [0, 0.1) is 5.82 Å². The van der Waals surface area contributed by atoms with E-state index in [0.717, 1.165) is 0 Å². The predicted molar refractivity (Wildman–Crippen MR) is 72.2 cm³/mol. The number of hydrogen-bond acceptors (Lipinski definition) is 3. The molecule has 19 heavy (non-hydrogen) atoms. The molecular formula is C14H11ClFNO2. The first-order chi connectivity index (χ1) is 9.04. The van der Waals surface area contributed by atoms with E-state index < -0.39 is 5.82 Å². The lowest BCUT2D eigenvalue weighted by Gasteiger charge is -2.08. The van der Waals surface area contributed by atoms with Crippen LogP contribution in [0.4, 0.5) is 10.1 Å². The highest BCUT2D eigenvalue weighted by molar-refractivity contribution is 6.32. The van der Waals surface area contributed by atoms with Crippen LogP contribution in [0.25, 0.3) is 0 Å². The van der Waals surface area contributed by atoms with E-state index in [2.05, 4.69) is 0 Å². The minimum Gasteiger partial charge on any atom is -0.495 e. The number of anilines is 1. The van der Waals surface area contributed by atoms with Gasteiger partial charge in [-0.2, -0.15) is 0 Å². The van der Waals surface area contributed by atoms with Gasteiger partial charge < -0.3 is 10.5 Å². The van der Waals surface area contributed by atoms with Gasteiger partial charge in [-0.05, 0) is 30.3 Å². The Balaban J connectivity index is 2.47. The molecule has 3 nitrogen and oxygen atoms in total. The topological polar surface area (TPSA) is 52.3 Å². The second-order valence-electron chi connectivity index (χ2n) is 3.88. The normalized spacial score (nSPS) is 10.3. The van der Waals surface area contributed by atoms with E-state index in [-0.39, 0.29) is 17.0 Å². The zero-order valence-corrected chi connectivity index (χ0v) is 10.9. The summed E-state index contributed by atoms with van der Waals surface area (Å²) in [5.74, 6) is -0.624. The Morgan fingerprint density at radius 3 is 2.74 bits per heavy atom. The Morgan fingerprint density at radius 1 is 1.32 bits per heavy atom. The fraction of sp³-hybridized carbons (Fsp3) is 0.0714. The number of hydrogen-bond donors (Lipinski definition) is 1. The van der Waals surface area contributed by atoms with Crippen LogP contribution in [0.5, 0.6) is 5.75 Å². The molecule has 2 aromatic rings. The zero-order valence-electron chi connectivity index (χ0n) is 10.1. The van der Waals surface area contributed by atoms with Gasteiger partial charge in [-0.25, -0.2) is 4.39 Å². The van der Waals surface area contributed by atoms with Gasteiger partial charge in [0.15, 0.2) is 5.78 Å². The largest absolute Gasteiger partial charge is 0.495 e. The molecule has 2 rings (SSSR count). The Kier molecular flexibility index (Phi) is 3.71. The molecule has 0 saturated heterocycles. The zero-order chi connectivity index (χ0) is 14.0. The van der Waals surface area contributed by atoms with Gasteiger partial charge in [0.1, 0.15) is 11.6 Å². The van der Waals surface area contributed by atoms with Crippen LogP contribution in [-0.4, -0.2) is 12.9 Å². The first-order valence-corrected chi connectivity index (χ1v) is 5.84. The molecule has 0 spiro atoms. The summed E-state index contributed by atoms with van der Waals surface area (Å²) >= 11 is 5.88. The standard InChI is InChI=1S/C14H11ClFNO2/c1-19-12-7-8(5-6-10(12)15)14(18)9-3-2-4-11(16)13(9)17/h2-7H,17H2,1H3. The number of para-hydroxylation sites is 1. The molecular weight excluding hydrogens is 269 g/mol. The maximum Gasteiger partial charge on any atom is 0.195 e. The van der Waals surface area contributed by atoms with Gasteiger partial charge in [0.2, 0.25) is 0 Å². The van der Waals surface area contributed by atoms with Gasteiger partial charge in [-0.15, -0.1) is 0 Å². The number of methoxy groups -OCH3 is 1. The Bertz CT molecular complexity index is 643. The van der Waals surface area contributed by atoms with Gasteiger partial charge >= 0.3 is 0 Å². The number of carbonyl (C=O) groups is 1. The van der Waals surface area contributed by atoms with Crippen molar-refractivity contribution in [3.05, 3.63) is 58.4 Å². The average molecular weight is 280 g/mol. The maximum absolute atomic E-state index is 13.3. The molecule has 0 bridgehead atoms. The number of carbonyl (C=O) groups excluding carboxylic acids is 1. The number of benzene rings is 2. The van der Waals surface area contributed by atoms with E-state index in [1.54, 1.807) is 6.07 Å². The molecule has 0 aliphatic heterocycles. The first-order valence-electron chi connectivity index (χ1n) is 5.47. The summed E-state index contributed by atoms with van der Waals surface area (Å²) in [5, 5.41) is 0.395. The lowest BCUT2D eigenvalue weighted by Crippen LogP contribution is -2.07. The lowest BCUT2D eigenvalue weighted by molar-refractivity contribution is 0.103. The van der Waals surface area contributed by atoms with Crippen LogP contribution in [0.1, 0.15) is 15.9 Å². The summed E-state index contributed by atoms with van der Waals surface area (Å²) < 4.78 is 18.4. The molecule has 5 heteroatoms. The number of halogens is 2. The van der Waals surface area contributed by atoms with Crippen LogP contribution in [-0.2, 0) is 0 Å². The summed E-state index contributed by atoms with van der Waals surface area (Å²) in [6.07, 6.45) is 0. The van der Waals surface area contributed by atoms with E-state index in [0.29, 0.717) is 16.3 Å². The van der Waals surface area contributed by atoms with Crippen molar-refractivity contribution >= 4 is 23.1 Å². The lowest BCUT2D eigenvalue weighted by atomic mass is 10.0. The summed E-state index contributed by atoms with van der Waals surface area (Å²) in [7, 11) is 1.45. The molecule has 0 atom stereocenters. The van der Waals surface area contributed by atoms with Crippen molar-refractivity contribution in [3.8, 4) is 5.75 Å². The molecule has 0 saturated carbocycles. The van der Waals surface area contributed by atoms with Crippen LogP contribution in [0.3, 0.4) is 0 Å². The van der Waals surface area contributed by atoms with Crippen molar-refractivity contribution in [1.29, 1.82) is 0 Å². The fourth-order valence-electron chi connectivity index (χ4n) is 1.69. The van der Waals surface area contributed by atoms with Crippen LogP contribution >= 0.6 is 11.6 Å². The van der Waals surface area contributed by atoms with Crippen molar-refractivity contribution in [2.45, 2.75) is 0 Å². The van der Waals surface area contributed by atoms with E-state index >= 15 is 0 Å². The third-order valence-electron chi connectivity index (χ3n) is 2.71. The molecule has 2 N–H and O–H groups in total.